The number of hydrogen-bond acceptors (Lipinski definition) is 4. The Hall–Kier alpha value is -3.15. The summed E-state index contributed by atoms with van der Waals surface area (Å²) in [5.74, 6) is 0.422. The smallest absolute Gasteiger partial charge is 0.290 e. The second-order valence-corrected chi connectivity index (χ2v) is 5.65. The molecule has 25 heavy (non-hydrogen) atoms. The van der Waals surface area contributed by atoms with E-state index in [1.54, 1.807) is 10.6 Å². The van der Waals surface area contributed by atoms with Gasteiger partial charge < -0.3 is 4.74 Å². The number of amides is 1. The molecule has 0 unspecified atom stereocenters. The lowest BCUT2D eigenvalue weighted by Crippen LogP contribution is -2.20. The Kier molecular flexibility index (Phi) is 4.79. The first-order valence-corrected chi connectivity index (χ1v) is 8.10. The first kappa shape index (κ1) is 16.7. The van der Waals surface area contributed by atoms with Gasteiger partial charge in [-0.2, -0.15) is 5.10 Å². The molecule has 6 nitrogen and oxygen atoms in total. The molecular formula is C19H20N4O2. The summed E-state index contributed by atoms with van der Waals surface area (Å²) in [6.07, 6.45) is 3.46. The van der Waals surface area contributed by atoms with Crippen molar-refractivity contribution in [2.24, 2.45) is 5.10 Å². The molecule has 0 spiro atoms. The Labute approximate surface area is 146 Å². The van der Waals surface area contributed by atoms with Crippen LogP contribution >= 0.6 is 0 Å². The average Bonchev–Trinajstić information content (AvgIpc) is 2.91. The Morgan fingerprint density at radius 1 is 1.28 bits per heavy atom. The zero-order chi connectivity index (χ0) is 17.8. The summed E-state index contributed by atoms with van der Waals surface area (Å²) in [5, 5.41) is 4.07. The van der Waals surface area contributed by atoms with E-state index in [0.717, 1.165) is 22.5 Å². The highest BCUT2D eigenvalue weighted by Crippen LogP contribution is 2.16. The van der Waals surface area contributed by atoms with Crippen molar-refractivity contribution < 1.29 is 9.53 Å². The molecule has 0 atom stereocenters. The van der Waals surface area contributed by atoms with E-state index in [4.69, 9.17) is 4.74 Å². The monoisotopic (exact) mass is 336 g/mol. The zero-order valence-electron chi connectivity index (χ0n) is 14.5. The van der Waals surface area contributed by atoms with Gasteiger partial charge >= 0.3 is 0 Å². The van der Waals surface area contributed by atoms with Crippen molar-refractivity contribution in [1.82, 2.24) is 14.8 Å². The molecule has 0 aliphatic rings. The summed E-state index contributed by atoms with van der Waals surface area (Å²) in [4.78, 5) is 16.9. The van der Waals surface area contributed by atoms with Crippen molar-refractivity contribution in [2.45, 2.75) is 20.8 Å². The number of nitrogens with one attached hydrogen (secondary N) is 1. The van der Waals surface area contributed by atoms with Crippen LogP contribution in [0.25, 0.3) is 5.65 Å². The van der Waals surface area contributed by atoms with Crippen molar-refractivity contribution in [2.75, 3.05) is 6.61 Å². The highest BCUT2D eigenvalue weighted by atomic mass is 16.5. The first-order chi connectivity index (χ1) is 12.1. The number of hydrogen-bond donors (Lipinski definition) is 1. The summed E-state index contributed by atoms with van der Waals surface area (Å²) in [7, 11) is 0. The lowest BCUT2D eigenvalue weighted by atomic mass is 10.2. The number of carbonyl (C=O) groups is 1. The second-order valence-electron chi connectivity index (χ2n) is 5.65. The van der Waals surface area contributed by atoms with Crippen molar-refractivity contribution in [3.05, 3.63) is 65.1 Å². The molecule has 128 valence electrons. The van der Waals surface area contributed by atoms with E-state index in [1.807, 2.05) is 63.4 Å². The maximum Gasteiger partial charge on any atom is 0.290 e. The van der Waals surface area contributed by atoms with Gasteiger partial charge in [-0.1, -0.05) is 18.2 Å². The minimum absolute atomic E-state index is 0.305. The molecule has 0 fully saturated rings. The summed E-state index contributed by atoms with van der Waals surface area (Å²) in [5.41, 5.74) is 6.30. The molecule has 3 rings (SSSR count). The van der Waals surface area contributed by atoms with Crippen molar-refractivity contribution in [1.29, 1.82) is 0 Å². The Bertz CT molecular complexity index is 944. The van der Waals surface area contributed by atoms with Gasteiger partial charge in [-0.05, 0) is 44.5 Å². The summed E-state index contributed by atoms with van der Waals surface area (Å²) >= 11 is 0. The minimum Gasteiger partial charge on any atom is -0.493 e. The fourth-order valence-corrected chi connectivity index (χ4v) is 2.63. The van der Waals surface area contributed by atoms with Crippen LogP contribution in [0.15, 0.2) is 47.7 Å². The SMILES string of the molecule is CCOc1ccccc1/C=N\NC(=O)c1c(C)nc2ccc(C)cn12. The zero-order valence-corrected chi connectivity index (χ0v) is 14.5. The van der Waals surface area contributed by atoms with Gasteiger partial charge in [0.05, 0.1) is 18.5 Å². The topological polar surface area (TPSA) is 68.0 Å². The summed E-state index contributed by atoms with van der Waals surface area (Å²) < 4.78 is 7.32. The number of pyridine rings is 1. The molecule has 0 bridgehead atoms. The number of para-hydroxylation sites is 1. The number of imidazole rings is 1. The van der Waals surface area contributed by atoms with Gasteiger partial charge in [0.1, 0.15) is 17.1 Å². The second kappa shape index (κ2) is 7.17. The van der Waals surface area contributed by atoms with Crippen LogP contribution < -0.4 is 10.2 Å². The third kappa shape index (κ3) is 3.52. The molecule has 0 aliphatic carbocycles. The number of carbonyl (C=O) groups excluding carboxylic acids is 1. The summed E-state index contributed by atoms with van der Waals surface area (Å²) in [6.45, 7) is 6.27. The van der Waals surface area contributed by atoms with Crippen LogP contribution in [0.2, 0.25) is 0 Å². The molecule has 0 radical (unpaired) electrons. The fourth-order valence-electron chi connectivity index (χ4n) is 2.63. The molecule has 1 amide bonds. The van der Waals surface area contributed by atoms with Crippen LogP contribution in [0.5, 0.6) is 5.75 Å². The number of hydrazone groups is 1. The van der Waals surface area contributed by atoms with Crippen LogP contribution in [0, 0.1) is 13.8 Å². The third-order valence-corrected chi connectivity index (χ3v) is 3.74. The lowest BCUT2D eigenvalue weighted by molar-refractivity contribution is 0.0948. The molecule has 3 aromatic rings. The van der Waals surface area contributed by atoms with Crippen LogP contribution in [0.4, 0.5) is 0 Å². The average molecular weight is 336 g/mol. The number of benzene rings is 1. The number of rotatable bonds is 5. The van der Waals surface area contributed by atoms with Gasteiger partial charge in [-0.3, -0.25) is 9.20 Å². The van der Waals surface area contributed by atoms with Crippen LogP contribution in [0.3, 0.4) is 0 Å². The first-order valence-electron chi connectivity index (χ1n) is 8.10. The van der Waals surface area contributed by atoms with Gasteiger partial charge in [0.15, 0.2) is 0 Å². The number of aromatic nitrogens is 2. The molecule has 1 N–H and O–H groups in total. The van der Waals surface area contributed by atoms with E-state index in [0.29, 0.717) is 18.0 Å². The third-order valence-electron chi connectivity index (χ3n) is 3.74. The summed E-state index contributed by atoms with van der Waals surface area (Å²) in [6, 6.07) is 11.4. The van der Waals surface area contributed by atoms with E-state index in [-0.39, 0.29) is 5.91 Å². The Morgan fingerprint density at radius 2 is 2.08 bits per heavy atom. The molecule has 1 aromatic carbocycles. The number of fused-ring (bicyclic) bond motifs is 1. The standard InChI is InChI=1S/C19H20N4O2/c1-4-25-16-8-6-5-7-15(16)11-20-22-19(24)18-14(3)21-17-10-9-13(2)12-23(17)18/h5-12H,4H2,1-3H3,(H,22,24)/b20-11-. The molecule has 0 aliphatic heterocycles. The van der Waals surface area contributed by atoms with E-state index >= 15 is 0 Å². The van der Waals surface area contributed by atoms with E-state index < -0.39 is 0 Å². The van der Waals surface area contributed by atoms with Gasteiger partial charge in [0, 0.05) is 11.8 Å². The molecular weight excluding hydrogens is 316 g/mol. The highest BCUT2D eigenvalue weighted by molar-refractivity contribution is 5.95. The quantitative estimate of drug-likeness (QED) is 0.575. The number of ether oxygens (including phenoxy) is 1. The lowest BCUT2D eigenvalue weighted by Gasteiger charge is -2.06. The Balaban J connectivity index is 1.82. The van der Waals surface area contributed by atoms with Crippen LogP contribution in [0.1, 0.15) is 34.2 Å². The molecule has 0 saturated heterocycles. The van der Waals surface area contributed by atoms with Crippen LogP contribution in [-0.2, 0) is 0 Å². The van der Waals surface area contributed by atoms with Crippen molar-refractivity contribution in [3.8, 4) is 5.75 Å². The number of nitrogens with zero attached hydrogens (tertiary/aromatic N) is 3. The predicted octanol–water partition coefficient (Wildman–Crippen LogP) is 3.11. The molecule has 0 saturated carbocycles. The minimum atomic E-state index is -0.305. The van der Waals surface area contributed by atoms with Crippen molar-refractivity contribution in [3.63, 3.8) is 0 Å². The normalized spacial score (nSPS) is 11.2. The van der Waals surface area contributed by atoms with Gasteiger partial charge in [0.25, 0.3) is 5.91 Å². The molecule has 2 heterocycles. The van der Waals surface area contributed by atoms with E-state index in [1.165, 1.54) is 0 Å². The van der Waals surface area contributed by atoms with Gasteiger partial charge in [-0.15, -0.1) is 0 Å². The van der Waals surface area contributed by atoms with Gasteiger partial charge in [-0.25, -0.2) is 10.4 Å². The van der Waals surface area contributed by atoms with Gasteiger partial charge in [0.2, 0.25) is 0 Å². The number of aryl methyl sites for hydroxylation is 2. The Morgan fingerprint density at radius 3 is 2.88 bits per heavy atom. The molecule has 2 aromatic heterocycles. The molecule has 6 heteroatoms. The van der Waals surface area contributed by atoms with E-state index in [9.17, 15) is 4.79 Å². The maximum absolute atomic E-state index is 12.5. The van der Waals surface area contributed by atoms with Crippen molar-refractivity contribution >= 4 is 17.8 Å². The predicted molar refractivity (Wildman–Crippen MR) is 97.3 cm³/mol. The highest BCUT2D eigenvalue weighted by Gasteiger charge is 2.16. The largest absolute Gasteiger partial charge is 0.493 e. The maximum atomic E-state index is 12.5. The fraction of sp³-hybridized carbons (Fsp3) is 0.211. The van der Waals surface area contributed by atoms with Crippen LogP contribution in [-0.4, -0.2) is 28.1 Å². The van der Waals surface area contributed by atoms with E-state index in [2.05, 4.69) is 15.5 Å².